The summed E-state index contributed by atoms with van der Waals surface area (Å²) in [5, 5.41) is 0. The molecule has 0 aliphatic carbocycles. The molecule has 20 heavy (non-hydrogen) atoms. The maximum Gasteiger partial charge on any atom is 0.248 e. The number of benzene rings is 2. The molecule has 0 aliphatic heterocycles. The molecule has 2 aromatic rings. The molecule has 0 saturated heterocycles. The molecule has 4 N–H and O–H groups in total. The first-order valence-corrected chi connectivity index (χ1v) is 6.60. The van der Waals surface area contributed by atoms with Gasteiger partial charge in [0, 0.05) is 18.7 Å². The van der Waals surface area contributed by atoms with Gasteiger partial charge in [0.15, 0.2) is 0 Å². The van der Waals surface area contributed by atoms with Crippen LogP contribution >= 0.6 is 0 Å². The third-order valence-corrected chi connectivity index (χ3v) is 3.27. The number of carbonyl (C=O) groups is 1. The minimum atomic E-state index is -0.406. The van der Waals surface area contributed by atoms with E-state index in [2.05, 4.69) is 11.8 Å². The second-order valence-corrected chi connectivity index (χ2v) is 4.63. The summed E-state index contributed by atoms with van der Waals surface area (Å²) in [5.41, 5.74) is 14.7. The molecule has 4 nitrogen and oxygen atoms in total. The van der Waals surface area contributed by atoms with E-state index >= 15 is 0 Å². The number of hydrogen-bond donors (Lipinski definition) is 2. The van der Waals surface area contributed by atoms with E-state index in [1.54, 1.807) is 12.1 Å². The minimum absolute atomic E-state index is 0.406. The SMILES string of the molecule is CCN(Cc1ccc(C(N)=O)cc1)c1ccccc1N. The van der Waals surface area contributed by atoms with Gasteiger partial charge in [-0.3, -0.25) is 4.79 Å². The predicted molar refractivity (Wildman–Crippen MR) is 82.5 cm³/mol. The highest BCUT2D eigenvalue weighted by Crippen LogP contribution is 2.24. The monoisotopic (exact) mass is 269 g/mol. The highest BCUT2D eigenvalue weighted by molar-refractivity contribution is 5.92. The van der Waals surface area contributed by atoms with E-state index in [0.29, 0.717) is 5.56 Å². The van der Waals surface area contributed by atoms with Crippen molar-refractivity contribution < 1.29 is 4.79 Å². The van der Waals surface area contributed by atoms with Gasteiger partial charge in [0.1, 0.15) is 0 Å². The number of amides is 1. The number of para-hydroxylation sites is 2. The summed E-state index contributed by atoms with van der Waals surface area (Å²) in [5.74, 6) is -0.406. The van der Waals surface area contributed by atoms with Crippen LogP contribution < -0.4 is 16.4 Å². The number of nitrogens with zero attached hydrogens (tertiary/aromatic N) is 1. The average molecular weight is 269 g/mol. The van der Waals surface area contributed by atoms with Crippen molar-refractivity contribution in [1.82, 2.24) is 0 Å². The van der Waals surface area contributed by atoms with Crippen molar-refractivity contribution in [3.8, 4) is 0 Å². The molecule has 0 bridgehead atoms. The standard InChI is InChI=1S/C16H19N3O/c1-2-19(15-6-4-3-5-14(15)17)11-12-7-9-13(10-8-12)16(18)20/h3-10H,2,11,17H2,1H3,(H2,18,20). The molecular weight excluding hydrogens is 250 g/mol. The summed E-state index contributed by atoms with van der Waals surface area (Å²) in [7, 11) is 0. The molecule has 0 atom stereocenters. The predicted octanol–water partition coefficient (Wildman–Crippen LogP) is 2.39. The van der Waals surface area contributed by atoms with Crippen LogP contribution in [0.5, 0.6) is 0 Å². The Morgan fingerprint density at radius 1 is 1.10 bits per heavy atom. The zero-order chi connectivity index (χ0) is 14.5. The van der Waals surface area contributed by atoms with Gasteiger partial charge in [0.05, 0.1) is 11.4 Å². The van der Waals surface area contributed by atoms with E-state index in [4.69, 9.17) is 11.5 Å². The number of anilines is 2. The van der Waals surface area contributed by atoms with E-state index in [1.807, 2.05) is 36.4 Å². The van der Waals surface area contributed by atoms with Gasteiger partial charge in [0.25, 0.3) is 0 Å². The Balaban J connectivity index is 2.18. The van der Waals surface area contributed by atoms with E-state index < -0.39 is 5.91 Å². The maximum absolute atomic E-state index is 11.1. The highest BCUT2D eigenvalue weighted by Gasteiger charge is 2.08. The average Bonchev–Trinajstić information content (AvgIpc) is 2.46. The highest BCUT2D eigenvalue weighted by atomic mass is 16.1. The summed E-state index contributed by atoms with van der Waals surface area (Å²) in [6.07, 6.45) is 0. The van der Waals surface area contributed by atoms with Crippen molar-refractivity contribution in [1.29, 1.82) is 0 Å². The Labute approximate surface area is 119 Å². The molecule has 0 aromatic heterocycles. The van der Waals surface area contributed by atoms with Gasteiger partial charge in [-0.2, -0.15) is 0 Å². The van der Waals surface area contributed by atoms with E-state index in [9.17, 15) is 4.79 Å². The fraction of sp³-hybridized carbons (Fsp3) is 0.188. The zero-order valence-electron chi connectivity index (χ0n) is 11.5. The third-order valence-electron chi connectivity index (χ3n) is 3.27. The van der Waals surface area contributed by atoms with Gasteiger partial charge in [-0.05, 0) is 36.8 Å². The maximum atomic E-state index is 11.1. The molecule has 4 heteroatoms. The van der Waals surface area contributed by atoms with Crippen molar-refractivity contribution in [2.24, 2.45) is 5.73 Å². The van der Waals surface area contributed by atoms with Gasteiger partial charge >= 0.3 is 0 Å². The lowest BCUT2D eigenvalue weighted by atomic mass is 10.1. The molecule has 2 rings (SSSR count). The second-order valence-electron chi connectivity index (χ2n) is 4.63. The molecule has 0 heterocycles. The van der Waals surface area contributed by atoms with Crippen molar-refractivity contribution in [2.45, 2.75) is 13.5 Å². The normalized spacial score (nSPS) is 10.2. The fourth-order valence-corrected chi connectivity index (χ4v) is 2.14. The molecule has 2 aromatic carbocycles. The van der Waals surface area contributed by atoms with Crippen molar-refractivity contribution >= 4 is 17.3 Å². The lowest BCUT2D eigenvalue weighted by Gasteiger charge is -2.24. The van der Waals surface area contributed by atoms with Crippen LogP contribution in [0.25, 0.3) is 0 Å². The molecule has 0 saturated carbocycles. The van der Waals surface area contributed by atoms with E-state index in [1.165, 1.54) is 0 Å². The van der Waals surface area contributed by atoms with E-state index in [-0.39, 0.29) is 0 Å². The smallest absolute Gasteiger partial charge is 0.248 e. The molecule has 0 fully saturated rings. The first-order valence-electron chi connectivity index (χ1n) is 6.60. The van der Waals surface area contributed by atoms with Crippen LogP contribution in [0.3, 0.4) is 0 Å². The van der Waals surface area contributed by atoms with Gasteiger partial charge in [-0.25, -0.2) is 0 Å². The Hall–Kier alpha value is -2.49. The molecule has 0 radical (unpaired) electrons. The van der Waals surface area contributed by atoms with Crippen LogP contribution in [0.15, 0.2) is 48.5 Å². The quantitative estimate of drug-likeness (QED) is 0.819. The van der Waals surface area contributed by atoms with Crippen molar-refractivity contribution in [3.05, 3.63) is 59.7 Å². The van der Waals surface area contributed by atoms with Gasteiger partial charge < -0.3 is 16.4 Å². The molecule has 0 aliphatic rings. The Kier molecular flexibility index (Phi) is 4.25. The number of hydrogen-bond acceptors (Lipinski definition) is 3. The number of rotatable bonds is 5. The van der Waals surface area contributed by atoms with Gasteiger partial charge in [-0.1, -0.05) is 24.3 Å². The summed E-state index contributed by atoms with van der Waals surface area (Å²) >= 11 is 0. The van der Waals surface area contributed by atoms with Crippen LogP contribution in [0, 0.1) is 0 Å². The van der Waals surface area contributed by atoms with Crippen LogP contribution in [-0.2, 0) is 6.54 Å². The van der Waals surface area contributed by atoms with Crippen LogP contribution in [0.4, 0.5) is 11.4 Å². The lowest BCUT2D eigenvalue weighted by Crippen LogP contribution is -2.23. The topological polar surface area (TPSA) is 72.3 Å². The first kappa shape index (κ1) is 13.9. The zero-order valence-corrected chi connectivity index (χ0v) is 11.5. The molecular formula is C16H19N3O. The fourth-order valence-electron chi connectivity index (χ4n) is 2.14. The third kappa shape index (κ3) is 3.09. The molecule has 0 unspecified atom stereocenters. The van der Waals surface area contributed by atoms with Crippen molar-refractivity contribution in [2.75, 3.05) is 17.2 Å². The van der Waals surface area contributed by atoms with Crippen LogP contribution in [0.1, 0.15) is 22.8 Å². The number of primary amides is 1. The summed E-state index contributed by atoms with van der Waals surface area (Å²) in [6, 6.07) is 15.1. The number of carbonyl (C=O) groups excluding carboxylic acids is 1. The Bertz CT molecular complexity index is 593. The number of nitrogens with two attached hydrogens (primary N) is 2. The summed E-state index contributed by atoms with van der Waals surface area (Å²) < 4.78 is 0. The Morgan fingerprint density at radius 3 is 2.30 bits per heavy atom. The minimum Gasteiger partial charge on any atom is -0.397 e. The van der Waals surface area contributed by atoms with Gasteiger partial charge in [0.2, 0.25) is 5.91 Å². The molecule has 0 spiro atoms. The molecule has 104 valence electrons. The summed E-state index contributed by atoms with van der Waals surface area (Å²) in [6.45, 7) is 3.68. The second kappa shape index (κ2) is 6.10. The first-order chi connectivity index (χ1) is 9.61. The van der Waals surface area contributed by atoms with Gasteiger partial charge in [-0.15, -0.1) is 0 Å². The molecule has 1 amide bonds. The van der Waals surface area contributed by atoms with Crippen LogP contribution in [0.2, 0.25) is 0 Å². The summed E-state index contributed by atoms with van der Waals surface area (Å²) in [4.78, 5) is 13.2. The van der Waals surface area contributed by atoms with Crippen molar-refractivity contribution in [3.63, 3.8) is 0 Å². The number of nitrogen functional groups attached to an aromatic ring is 1. The van der Waals surface area contributed by atoms with Crippen LogP contribution in [-0.4, -0.2) is 12.5 Å². The largest absolute Gasteiger partial charge is 0.397 e. The lowest BCUT2D eigenvalue weighted by molar-refractivity contribution is 0.100. The Morgan fingerprint density at radius 2 is 1.75 bits per heavy atom. The van der Waals surface area contributed by atoms with E-state index in [0.717, 1.165) is 30.0 Å².